The van der Waals surface area contributed by atoms with Crippen LogP contribution in [0.2, 0.25) is 0 Å². The number of rotatable bonds is 5. The molecule has 1 heteroatoms. The van der Waals surface area contributed by atoms with Crippen molar-refractivity contribution in [3.8, 4) is 33.4 Å². The molecular weight excluding hydrogens is 783 g/mol. The summed E-state index contributed by atoms with van der Waals surface area (Å²) in [6, 6.07) is 56.6. The van der Waals surface area contributed by atoms with Crippen LogP contribution in [0.25, 0.3) is 39.0 Å². The van der Waals surface area contributed by atoms with Crippen molar-refractivity contribution in [2.45, 2.75) is 116 Å². The third-order valence-corrected chi connectivity index (χ3v) is 16.2. The van der Waals surface area contributed by atoms with E-state index in [1.807, 2.05) is 0 Å². The fourth-order valence-electron chi connectivity index (χ4n) is 12.3. The van der Waals surface area contributed by atoms with E-state index in [-0.39, 0.29) is 27.7 Å². The third kappa shape index (κ3) is 5.76. The van der Waals surface area contributed by atoms with Gasteiger partial charge < -0.3 is 4.90 Å². The molecule has 0 saturated heterocycles. The smallest absolute Gasteiger partial charge is 0.0746 e. The van der Waals surface area contributed by atoms with Crippen LogP contribution < -0.4 is 4.90 Å². The van der Waals surface area contributed by atoms with Crippen molar-refractivity contribution in [2.24, 2.45) is 0 Å². The molecule has 1 spiro atoms. The molecule has 7 aromatic rings. The van der Waals surface area contributed by atoms with E-state index in [4.69, 9.17) is 0 Å². The molecule has 0 fully saturated rings. The molecule has 7 aromatic carbocycles. The fraction of sp³-hybridized carbons (Fsp3) is 0.281. The molecule has 0 heterocycles. The van der Waals surface area contributed by atoms with Gasteiger partial charge >= 0.3 is 0 Å². The number of anilines is 2. The highest BCUT2D eigenvalue weighted by molar-refractivity contribution is 5.99. The summed E-state index contributed by atoms with van der Waals surface area (Å²) in [6.07, 6.45) is 4.91. The van der Waals surface area contributed by atoms with Crippen molar-refractivity contribution in [1.29, 1.82) is 0 Å². The molecule has 0 N–H and O–H groups in total. The van der Waals surface area contributed by atoms with Gasteiger partial charge in [-0.25, -0.2) is 0 Å². The van der Waals surface area contributed by atoms with Gasteiger partial charge in [-0.15, -0.1) is 0 Å². The lowest BCUT2D eigenvalue weighted by atomic mass is 9.68. The van der Waals surface area contributed by atoms with E-state index in [1.165, 1.54) is 112 Å². The van der Waals surface area contributed by atoms with E-state index >= 15 is 0 Å². The molecular formula is C64H63N. The van der Waals surface area contributed by atoms with Gasteiger partial charge in [0.1, 0.15) is 0 Å². The van der Waals surface area contributed by atoms with E-state index in [1.54, 1.807) is 0 Å². The van der Waals surface area contributed by atoms with Gasteiger partial charge in [-0.3, -0.25) is 0 Å². The van der Waals surface area contributed by atoms with Crippen molar-refractivity contribution in [1.82, 2.24) is 0 Å². The molecule has 0 saturated carbocycles. The van der Waals surface area contributed by atoms with Crippen LogP contribution in [-0.2, 0) is 27.1 Å². The Morgan fingerprint density at radius 3 is 1.54 bits per heavy atom. The van der Waals surface area contributed by atoms with Crippen LogP contribution in [0.5, 0.6) is 0 Å². The van der Waals surface area contributed by atoms with Gasteiger partial charge in [-0.2, -0.15) is 0 Å². The maximum atomic E-state index is 2.68. The SMILES string of the molecule is CC1=C(/C=C\C(C)N(c2ccc3c(c2)C(C)(C)c2ccccc2-3)c2cccc3c2C2(c4cc(C(C)(C)C)ccc4-c4ccc(C(C)(C)C)cc42)c2ccccc2-3)c2ccccc2C1(C)C. The second-order valence-corrected chi connectivity index (χ2v) is 22.6. The second kappa shape index (κ2) is 13.9. The van der Waals surface area contributed by atoms with Crippen LogP contribution >= 0.6 is 0 Å². The van der Waals surface area contributed by atoms with Gasteiger partial charge in [0, 0.05) is 33.8 Å². The quantitative estimate of drug-likeness (QED) is 0.167. The predicted octanol–water partition coefficient (Wildman–Crippen LogP) is 16.8. The molecule has 1 atom stereocenters. The Balaban J connectivity index is 1.21. The lowest BCUT2D eigenvalue weighted by molar-refractivity contribution is 0.586. The molecule has 0 radical (unpaired) electrons. The van der Waals surface area contributed by atoms with Gasteiger partial charge in [0.15, 0.2) is 0 Å². The number of hydrogen-bond acceptors (Lipinski definition) is 1. The maximum Gasteiger partial charge on any atom is 0.0746 e. The molecule has 0 bridgehead atoms. The topological polar surface area (TPSA) is 3.24 Å². The highest BCUT2D eigenvalue weighted by Gasteiger charge is 2.54. The Labute approximate surface area is 388 Å². The van der Waals surface area contributed by atoms with Crippen molar-refractivity contribution in [3.63, 3.8) is 0 Å². The van der Waals surface area contributed by atoms with Gasteiger partial charge in [0.05, 0.1) is 5.41 Å². The summed E-state index contributed by atoms with van der Waals surface area (Å²) in [4.78, 5) is 2.68. The van der Waals surface area contributed by atoms with E-state index < -0.39 is 5.41 Å². The molecule has 4 aliphatic rings. The lowest BCUT2D eigenvalue weighted by Gasteiger charge is -2.38. The molecule has 0 aliphatic heterocycles. The summed E-state index contributed by atoms with van der Waals surface area (Å²) in [7, 11) is 0. The minimum absolute atomic E-state index is 0.00876. The zero-order valence-electron chi connectivity index (χ0n) is 40.5. The number of benzene rings is 7. The van der Waals surface area contributed by atoms with Gasteiger partial charge in [-0.05, 0) is 132 Å². The third-order valence-electron chi connectivity index (χ3n) is 16.2. The van der Waals surface area contributed by atoms with Crippen LogP contribution in [0, 0.1) is 0 Å². The molecule has 11 rings (SSSR count). The first-order valence-corrected chi connectivity index (χ1v) is 23.9. The molecule has 1 nitrogen and oxygen atoms in total. The van der Waals surface area contributed by atoms with Crippen LogP contribution in [0.15, 0.2) is 163 Å². The van der Waals surface area contributed by atoms with Crippen molar-refractivity contribution in [2.75, 3.05) is 4.90 Å². The summed E-state index contributed by atoms with van der Waals surface area (Å²) in [5.74, 6) is 0. The summed E-state index contributed by atoms with van der Waals surface area (Å²) in [5, 5.41) is 0. The maximum absolute atomic E-state index is 2.68. The molecule has 0 amide bonds. The summed E-state index contributed by atoms with van der Waals surface area (Å²) in [6.45, 7) is 28.4. The lowest BCUT2D eigenvalue weighted by Crippen LogP contribution is -2.33. The van der Waals surface area contributed by atoms with Crippen LogP contribution in [-0.4, -0.2) is 6.04 Å². The van der Waals surface area contributed by atoms with Gasteiger partial charge in [-0.1, -0.05) is 214 Å². The van der Waals surface area contributed by atoms with E-state index in [2.05, 4.69) is 246 Å². The number of nitrogens with zero attached hydrogens (tertiary/aromatic N) is 1. The Morgan fingerprint density at radius 1 is 0.462 bits per heavy atom. The van der Waals surface area contributed by atoms with Crippen LogP contribution in [0.3, 0.4) is 0 Å². The number of fused-ring (bicyclic) bond motifs is 14. The first-order chi connectivity index (χ1) is 30.9. The molecule has 1 unspecified atom stereocenters. The zero-order valence-corrected chi connectivity index (χ0v) is 40.5. The van der Waals surface area contributed by atoms with E-state index in [0.29, 0.717) is 0 Å². The highest BCUT2D eigenvalue weighted by atomic mass is 15.2. The van der Waals surface area contributed by atoms with Crippen molar-refractivity contribution >= 4 is 16.9 Å². The molecule has 0 aromatic heterocycles. The zero-order chi connectivity index (χ0) is 45.6. The van der Waals surface area contributed by atoms with Crippen molar-refractivity contribution < 1.29 is 0 Å². The molecule has 4 aliphatic carbocycles. The van der Waals surface area contributed by atoms with E-state index in [9.17, 15) is 0 Å². The summed E-state index contributed by atoms with van der Waals surface area (Å²) >= 11 is 0. The Bertz CT molecular complexity index is 3140. The normalized spacial score (nSPS) is 17.1. The van der Waals surface area contributed by atoms with Gasteiger partial charge in [0.25, 0.3) is 0 Å². The number of hydrogen-bond donors (Lipinski definition) is 0. The average molecular weight is 846 g/mol. The van der Waals surface area contributed by atoms with Crippen LogP contribution in [0.1, 0.15) is 139 Å². The standard InChI is InChI=1S/C64H63N/c1-39(28-32-44-40(2)62(9,10)52-24-16-13-20-45(44)52)65(43-31-35-48-46-21-14-17-25-53(46)63(11,12)55(48)38-43)58-27-19-23-51-47-22-15-18-26-54(47)64(59(51)58)56-36-41(60(3,4)5)29-33-49(56)50-34-30-42(37-57(50)64)61(6,7)8/h13-39H,1-12H3/b32-28-. The second-order valence-electron chi connectivity index (χ2n) is 22.6. The Morgan fingerprint density at radius 2 is 0.938 bits per heavy atom. The molecule has 65 heavy (non-hydrogen) atoms. The minimum Gasteiger partial charge on any atom is -0.334 e. The van der Waals surface area contributed by atoms with Gasteiger partial charge in [0.2, 0.25) is 0 Å². The van der Waals surface area contributed by atoms with Crippen molar-refractivity contribution in [3.05, 3.63) is 219 Å². The monoisotopic (exact) mass is 845 g/mol. The van der Waals surface area contributed by atoms with Crippen LogP contribution in [0.4, 0.5) is 11.4 Å². The average Bonchev–Trinajstić information content (AvgIpc) is 3.90. The Hall–Kier alpha value is -6.18. The number of allylic oxidation sites excluding steroid dienone is 3. The van der Waals surface area contributed by atoms with E-state index in [0.717, 1.165) is 0 Å². The first kappa shape index (κ1) is 41.5. The Kier molecular flexibility index (Phi) is 8.89. The minimum atomic E-state index is -0.544. The fourth-order valence-corrected chi connectivity index (χ4v) is 12.3. The summed E-state index contributed by atoms with van der Waals surface area (Å²) < 4.78 is 0. The predicted molar refractivity (Wildman–Crippen MR) is 277 cm³/mol. The molecule has 324 valence electrons. The highest BCUT2D eigenvalue weighted by Crippen LogP contribution is 2.66. The largest absolute Gasteiger partial charge is 0.334 e. The first-order valence-electron chi connectivity index (χ1n) is 23.9. The summed E-state index contributed by atoms with van der Waals surface area (Å²) in [5.41, 5.74) is 26.3.